The summed E-state index contributed by atoms with van der Waals surface area (Å²) in [7, 11) is 0. The third kappa shape index (κ3) is 3.24. The molecule has 1 saturated heterocycles. The van der Waals surface area contributed by atoms with Gasteiger partial charge in [0.25, 0.3) is 0 Å². The van der Waals surface area contributed by atoms with Gasteiger partial charge in [-0.3, -0.25) is 9.97 Å². The van der Waals surface area contributed by atoms with E-state index in [2.05, 4.69) is 40.0 Å². The summed E-state index contributed by atoms with van der Waals surface area (Å²) in [5.41, 5.74) is 4.38. The van der Waals surface area contributed by atoms with E-state index < -0.39 is 0 Å². The summed E-state index contributed by atoms with van der Waals surface area (Å²) >= 11 is 0. The van der Waals surface area contributed by atoms with Gasteiger partial charge in [0.2, 0.25) is 0 Å². The van der Waals surface area contributed by atoms with Crippen LogP contribution in [0.5, 0.6) is 0 Å². The SMILES string of the molecule is C/C=C(/c1cccnc1-c1ccncc1)N1CCC(C#N)CC1. The predicted octanol–water partition coefficient (Wildman–Crippen LogP) is 3.74. The lowest BCUT2D eigenvalue weighted by atomic mass is 9.96. The van der Waals surface area contributed by atoms with E-state index in [1.165, 1.54) is 5.70 Å². The second-order valence-corrected chi connectivity index (χ2v) is 5.70. The Balaban J connectivity index is 1.93. The molecule has 23 heavy (non-hydrogen) atoms. The second kappa shape index (κ2) is 7.06. The van der Waals surface area contributed by atoms with E-state index in [-0.39, 0.29) is 5.92 Å². The number of aromatic nitrogens is 2. The Bertz CT molecular complexity index is 723. The van der Waals surface area contributed by atoms with E-state index in [1.54, 1.807) is 12.4 Å². The Morgan fingerprint density at radius 2 is 1.96 bits per heavy atom. The van der Waals surface area contributed by atoms with Gasteiger partial charge in [-0.25, -0.2) is 0 Å². The van der Waals surface area contributed by atoms with Crippen LogP contribution in [0.1, 0.15) is 25.3 Å². The molecule has 0 spiro atoms. The number of nitriles is 1. The van der Waals surface area contributed by atoms with Gasteiger partial charge < -0.3 is 4.90 Å². The summed E-state index contributed by atoms with van der Waals surface area (Å²) in [4.78, 5) is 11.1. The maximum absolute atomic E-state index is 9.08. The highest BCUT2D eigenvalue weighted by molar-refractivity contribution is 5.77. The van der Waals surface area contributed by atoms with Gasteiger partial charge in [-0.2, -0.15) is 5.26 Å². The molecule has 2 aromatic heterocycles. The van der Waals surface area contributed by atoms with Crippen molar-refractivity contribution in [3.63, 3.8) is 0 Å². The average molecular weight is 304 g/mol. The fourth-order valence-electron chi connectivity index (χ4n) is 3.11. The maximum atomic E-state index is 9.08. The van der Waals surface area contributed by atoms with Crippen molar-refractivity contribution in [1.82, 2.24) is 14.9 Å². The zero-order valence-corrected chi connectivity index (χ0v) is 13.3. The van der Waals surface area contributed by atoms with Gasteiger partial charge in [0.15, 0.2) is 0 Å². The molecule has 3 rings (SSSR count). The standard InChI is InChI=1S/C19H20N4/c1-2-18(23-12-7-15(14-20)8-13-23)17-4-3-9-22-19(17)16-5-10-21-11-6-16/h2-6,9-11,15H,7-8,12-13H2,1H3/b18-2-. The maximum Gasteiger partial charge on any atom is 0.0796 e. The minimum Gasteiger partial charge on any atom is -0.371 e. The van der Waals surface area contributed by atoms with Crippen molar-refractivity contribution in [2.75, 3.05) is 13.1 Å². The van der Waals surface area contributed by atoms with E-state index in [9.17, 15) is 0 Å². The molecule has 1 aliphatic rings. The fourth-order valence-corrected chi connectivity index (χ4v) is 3.11. The first kappa shape index (κ1) is 15.2. The lowest BCUT2D eigenvalue weighted by Gasteiger charge is -2.33. The highest BCUT2D eigenvalue weighted by Gasteiger charge is 2.22. The lowest BCUT2D eigenvalue weighted by molar-refractivity contribution is 0.289. The summed E-state index contributed by atoms with van der Waals surface area (Å²) < 4.78 is 0. The number of hydrogen-bond donors (Lipinski definition) is 0. The number of hydrogen-bond acceptors (Lipinski definition) is 4. The molecule has 2 aromatic rings. The van der Waals surface area contributed by atoms with Gasteiger partial charge in [0.05, 0.1) is 11.8 Å². The van der Waals surface area contributed by atoms with Crippen LogP contribution >= 0.6 is 0 Å². The number of allylic oxidation sites excluding steroid dienone is 1. The summed E-state index contributed by atoms with van der Waals surface area (Å²) in [6.45, 7) is 3.90. The number of likely N-dealkylation sites (tertiary alicyclic amines) is 1. The van der Waals surface area contributed by atoms with E-state index >= 15 is 0 Å². The molecule has 0 amide bonds. The van der Waals surface area contributed by atoms with Crippen molar-refractivity contribution in [1.29, 1.82) is 5.26 Å². The van der Waals surface area contributed by atoms with Crippen LogP contribution in [0, 0.1) is 17.2 Å². The van der Waals surface area contributed by atoms with Gasteiger partial charge in [0.1, 0.15) is 0 Å². The number of piperidine rings is 1. The topological polar surface area (TPSA) is 52.8 Å². The van der Waals surface area contributed by atoms with Crippen molar-refractivity contribution < 1.29 is 0 Å². The molecular formula is C19H20N4. The number of rotatable bonds is 3. The molecule has 0 radical (unpaired) electrons. The zero-order chi connectivity index (χ0) is 16.1. The summed E-state index contributed by atoms with van der Waals surface area (Å²) in [5.74, 6) is 0.193. The third-order valence-corrected chi connectivity index (χ3v) is 4.33. The van der Waals surface area contributed by atoms with E-state index in [4.69, 9.17) is 5.26 Å². The van der Waals surface area contributed by atoms with Crippen LogP contribution in [-0.2, 0) is 0 Å². The summed E-state index contributed by atoms with van der Waals surface area (Å²) in [6, 6.07) is 10.5. The van der Waals surface area contributed by atoms with Crippen LogP contribution in [-0.4, -0.2) is 28.0 Å². The normalized spacial score (nSPS) is 16.2. The Morgan fingerprint density at radius 1 is 1.22 bits per heavy atom. The smallest absolute Gasteiger partial charge is 0.0796 e. The van der Waals surface area contributed by atoms with Crippen molar-refractivity contribution in [3.05, 3.63) is 54.5 Å². The molecule has 3 heterocycles. The molecule has 1 fully saturated rings. The van der Waals surface area contributed by atoms with Crippen molar-refractivity contribution in [2.45, 2.75) is 19.8 Å². The van der Waals surface area contributed by atoms with Gasteiger partial charge >= 0.3 is 0 Å². The molecular weight excluding hydrogens is 284 g/mol. The molecule has 4 heteroatoms. The Labute approximate surface area is 137 Å². The molecule has 0 aliphatic carbocycles. The van der Waals surface area contributed by atoms with Crippen LogP contribution in [0.15, 0.2) is 48.9 Å². The van der Waals surface area contributed by atoms with Crippen molar-refractivity contribution >= 4 is 5.70 Å². The molecule has 0 N–H and O–H groups in total. The van der Waals surface area contributed by atoms with Crippen molar-refractivity contribution in [3.8, 4) is 17.3 Å². The molecule has 0 aromatic carbocycles. The Morgan fingerprint density at radius 3 is 2.61 bits per heavy atom. The highest BCUT2D eigenvalue weighted by atomic mass is 15.1. The molecule has 116 valence electrons. The average Bonchev–Trinajstić information content (AvgIpc) is 2.64. The first-order chi connectivity index (χ1) is 11.3. The monoisotopic (exact) mass is 304 g/mol. The van der Waals surface area contributed by atoms with Crippen LogP contribution in [0.25, 0.3) is 17.0 Å². The second-order valence-electron chi connectivity index (χ2n) is 5.70. The minimum atomic E-state index is 0.193. The lowest BCUT2D eigenvalue weighted by Crippen LogP contribution is -2.32. The van der Waals surface area contributed by atoms with Crippen LogP contribution in [0.4, 0.5) is 0 Å². The largest absolute Gasteiger partial charge is 0.371 e. The van der Waals surface area contributed by atoms with Crippen LogP contribution in [0.2, 0.25) is 0 Å². The number of pyridine rings is 2. The minimum absolute atomic E-state index is 0.193. The number of nitrogens with zero attached hydrogens (tertiary/aromatic N) is 4. The van der Waals surface area contributed by atoms with Gasteiger partial charge in [-0.1, -0.05) is 6.08 Å². The molecule has 4 nitrogen and oxygen atoms in total. The summed E-state index contributed by atoms with van der Waals surface area (Å²) in [5, 5.41) is 9.08. The predicted molar refractivity (Wildman–Crippen MR) is 91.0 cm³/mol. The molecule has 0 atom stereocenters. The van der Waals surface area contributed by atoms with Gasteiger partial charge in [0, 0.05) is 54.4 Å². The Kier molecular flexibility index (Phi) is 4.68. The first-order valence-electron chi connectivity index (χ1n) is 8.00. The van der Waals surface area contributed by atoms with E-state index in [0.29, 0.717) is 0 Å². The van der Waals surface area contributed by atoms with Gasteiger partial charge in [-0.05, 0) is 44.0 Å². The molecule has 0 saturated carbocycles. The first-order valence-corrected chi connectivity index (χ1v) is 8.00. The van der Waals surface area contributed by atoms with Gasteiger partial charge in [-0.15, -0.1) is 0 Å². The zero-order valence-electron chi connectivity index (χ0n) is 13.3. The van der Waals surface area contributed by atoms with E-state index in [1.807, 2.05) is 24.4 Å². The molecule has 1 aliphatic heterocycles. The highest BCUT2D eigenvalue weighted by Crippen LogP contribution is 2.31. The third-order valence-electron chi connectivity index (χ3n) is 4.33. The van der Waals surface area contributed by atoms with Crippen LogP contribution in [0.3, 0.4) is 0 Å². The van der Waals surface area contributed by atoms with Crippen LogP contribution < -0.4 is 0 Å². The van der Waals surface area contributed by atoms with E-state index in [0.717, 1.165) is 42.8 Å². The molecule has 0 bridgehead atoms. The summed E-state index contributed by atoms with van der Waals surface area (Å²) in [6.07, 6.45) is 9.42. The molecule has 0 unspecified atom stereocenters. The van der Waals surface area contributed by atoms with Crippen molar-refractivity contribution in [2.24, 2.45) is 5.92 Å². The quantitative estimate of drug-likeness (QED) is 0.867. The fraction of sp³-hybridized carbons (Fsp3) is 0.316. The Hall–Kier alpha value is -2.67.